The van der Waals surface area contributed by atoms with Crippen molar-refractivity contribution in [3.05, 3.63) is 0 Å². The van der Waals surface area contributed by atoms with Crippen molar-refractivity contribution in [2.24, 2.45) is 11.7 Å². The van der Waals surface area contributed by atoms with E-state index in [4.69, 9.17) is 10.5 Å². The fourth-order valence-corrected chi connectivity index (χ4v) is 1.99. The average Bonchev–Trinajstić information content (AvgIpc) is 2.45. The number of ether oxygens (including phenoxy) is 1. The van der Waals surface area contributed by atoms with Crippen LogP contribution in [0.2, 0.25) is 0 Å². The normalized spacial score (nSPS) is 43.5. The van der Waals surface area contributed by atoms with Gasteiger partial charge in [-0.1, -0.05) is 0 Å². The number of nitrogens with two attached hydrogens (primary N) is 1. The summed E-state index contributed by atoms with van der Waals surface area (Å²) in [4.78, 5) is 0. The largest absolute Gasteiger partial charge is 0.375 e. The molecule has 0 aromatic carbocycles. The standard InChI is InChI=1S/C7H13NO.ClH/c8-4-5-3-6-1-2-7(5)9-6;/h5-7H,1-4,8H2;1H/t5-,6+,7-;/m1./s1. The number of rotatable bonds is 1. The smallest absolute Gasteiger partial charge is 0.0621 e. The van der Waals surface area contributed by atoms with E-state index < -0.39 is 0 Å². The maximum absolute atomic E-state index is 5.60. The zero-order valence-corrected chi connectivity index (χ0v) is 6.77. The molecule has 3 heteroatoms. The van der Waals surface area contributed by atoms with E-state index in [1.807, 2.05) is 0 Å². The molecular formula is C7H14ClNO. The first-order valence-electron chi connectivity index (χ1n) is 3.75. The zero-order chi connectivity index (χ0) is 6.27. The van der Waals surface area contributed by atoms with Gasteiger partial charge in [-0.05, 0) is 31.7 Å². The first kappa shape index (κ1) is 8.31. The summed E-state index contributed by atoms with van der Waals surface area (Å²) in [5, 5.41) is 0. The molecule has 2 heterocycles. The summed E-state index contributed by atoms with van der Waals surface area (Å²) in [6.45, 7) is 0.821. The topological polar surface area (TPSA) is 35.2 Å². The Balaban J connectivity index is 0.000000500. The Labute approximate surface area is 67.5 Å². The molecule has 2 N–H and O–H groups in total. The lowest BCUT2D eigenvalue weighted by atomic mass is 9.89. The van der Waals surface area contributed by atoms with Crippen LogP contribution in [0, 0.1) is 5.92 Å². The van der Waals surface area contributed by atoms with Crippen molar-refractivity contribution in [1.82, 2.24) is 0 Å². The van der Waals surface area contributed by atoms with Crippen molar-refractivity contribution >= 4 is 12.4 Å². The third kappa shape index (κ3) is 1.16. The van der Waals surface area contributed by atoms with E-state index in [0.29, 0.717) is 18.1 Å². The maximum atomic E-state index is 5.60. The third-order valence-electron chi connectivity index (χ3n) is 2.53. The van der Waals surface area contributed by atoms with Crippen LogP contribution in [-0.4, -0.2) is 18.8 Å². The summed E-state index contributed by atoms with van der Waals surface area (Å²) < 4.78 is 5.60. The van der Waals surface area contributed by atoms with Crippen LogP contribution in [0.25, 0.3) is 0 Å². The van der Waals surface area contributed by atoms with E-state index in [9.17, 15) is 0 Å². The molecule has 10 heavy (non-hydrogen) atoms. The van der Waals surface area contributed by atoms with Crippen molar-refractivity contribution in [3.63, 3.8) is 0 Å². The van der Waals surface area contributed by atoms with Gasteiger partial charge in [-0.15, -0.1) is 12.4 Å². The monoisotopic (exact) mass is 163 g/mol. The molecule has 0 aliphatic carbocycles. The number of fused-ring (bicyclic) bond motifs is 2. The van der Waals surface area contributed by atoms with E-state index in [-0.39, 0.29) is 12.4 Å². The van der Waals surface area contributed by atoms with Gasteiger partial charge in [0.05, 0.1) is 12.2 Å². The number of halogens is 1. The summed E-state index contributed by atoms with van der Waals surface area (Å²) in [5.41, 5.74) is 5.54. The van der Waals surface area contributed by atoms with Crippen LogP contribution in [0.5, 0.6) is 0 Å². The molecule has 2 nitrogen and oxygen atoms in total. The molecule has 0 unspecified atom stereocenters. The molecule has 0 radical (unpaired) electrons. The first-order valence-corrected chi connectivity index (χ1v) is 3.75. The minimum atomic E-state index is 0. The Morgan fingerprint density at radius 1 is 1.40 bits per heavy atom. The summed E-state index contributed by atoms with van der Waals surface area (Å²) in [7, 11) is 0. The molecule has 0 aromatic rings. The molecule has 0 amide bonds. The zero-order valence-electron chi connectivity index (χ0n) is 5.95. The number of hydrogen-bond donors (Lipinski definition) is 1. The van der Waals surface area contributed by atoms with Crippen LogP contribution in [0.4, 0.5) is 0 Å². The van der Waals surface area contributed by atoms with Gasteiger partial charge in [0.2, 0.25) is 0 Å². The van der Waals surface area contributed by atoms with Crippen LogP contribution in [0.3, 0.4) is 0 Å². The Morgan fingerprint density at radius 2 is 2.20 bits per heavy atom. The van der Waals surface area contributed by atoms with Crippen LogP contribution in [-0.2, 0) is 4.74 Å². The second-order valence-electron chi connectivity index (χ2n) is 3.11. The molecule has 2 rings (SSSR count). The minimum absolute atomic E-state index is 0. The van der Waals surface area contributed by atoms with Crippen molar-refractivity contribution in [2.45, 2.75) is 31.5 Å². The number of hydrogen-bond acceptors (Lipinski definition) is 2. The molecule has 0 aromatic heterocycles. The fraction of sp³-hybridized carbons (Fsp3) is 1.00. The van der Waals surface area contributed by atoms with Crippen molar-refractivity contribution in [2.75, 3.05) is 6.54 Å². The highest BCUT2D eigenvalue weighted by Gasteiger charge is 2.39. The van der Waals surface area contributed by atoms with E-state index >= 15 is 0 Å². The van der Waals surface area contributed by atoms with Crippen LogP contribution < -0.4 is 5.73 Å². The molecule has 0 spiro atoms. The van der Waals surface area contributed by atoms with E-state index in [0.717, 1.165) is 6.54 Å². The van der Waals surface area contributed by atoms with Crippen LogP contribution in [0.15, 0.2) is 0 Å². The maximum Gasteiger partial charge on any atom is 0.0621 e. The van der Waals surface area contributed by atoms with Gasteiger partial charge in [0.1, 0.15) is 0 Å². The molecular weight excluding hydrogens is 150 g/mol. The molecule has 60 valence electrons. The van der Waals surface area contributed by atoms with Crippen LogP contribution >= 0.6 is 12.4 Å². The average molecular weight is 164 g/mol. The van der Waals surface area contributed by atoms with Crippen molar-refractivity contribution in [1.29, 1.82) is 0 Å². The van der Waals surface area contributed by atoms with Gasteiger partial charge in [-0.2, -0.15) is 0 Å². The van der Waals surface area contributed by atoms with Gasteiger partial charge in [0.25, 0.3) is 0 Å². The third-order valence-corrected chi connectivity index (χ3v) is 2.53. The molecule has 0 saturated carbocycles. The van der Waals surface area contributed by atoms with Gasteiger partial charge < -0.3 is 10.5 Å². The predicted molar refractivity (Wildman–Crippen MR) is 42.3 cm³/mol. The fourth-order valence-electron chi connectivity index (χ4n) is 1.99. The van der Waals surface area contributed by atoms with Gasteiger partial charge >= 0.3 is 0 Å². The Bertz CT molecular complexity index is 120. The predicted octanol–water partition coefficient (Wildman–Crippen LogP) is 0.934. The van der Waals surface area contributed by atoms with Crippen LogP contribution in [0.1, 0.15) is 19.3 Å². The first-order chi connectivity index (χ1) is 4.40. The van der Waals surface area contributed by atoms with E-state index in [2.05, 4.69) is 0 Å². The van der Waals surface area contributed by atoms with E-state index in [1.165, 1.54) is 19.3 Å². The second-order valence-corrected chi connectivity index (χ2v) is 3.11. The molecule has 2 aliphatic heterocycles. The summed E-state index contributed by atoms with van der Waals surface area (Å²) >= 11 is 0. The molecule has 2 saturated heterocycles. The molecule has 2 fully saturated rings. The summed E-state index contributed by atoms with van der Waals surface area (Å²) in [5.74, 6) is 0.684. The molecule has 2 bridgehead atoms. The highest BCUT2D eigenvalue weighted by atomic mass is 35.5. The lowest BCUT2D eigenvalue weighted by molar-refractivity contribution is 0.0936. The van der Waals surface area contributed by atoms with Crippen molar-refractivity contribution in [3.8, 4) is 0 Å². The van der Waals surface area contributed by atoms with E-state index in [1.54, 1.807) is 0 Å². The highest BCUT2D eigenvalue weighted by Crippen LogP contribution is 2.37. The molecule has 2 aliphatic rings. The highest BCUT2D eigenvalue weighted by molar-refractivity contribution is 5.85. The van der Waals surface area contributed by atoms with Gasteiger partial charge in [-0.3, -0.25) is 0 Å². The Morgan fingerprint density at radius 3 is 2.50 bits per heavy atom. The second kappa shape index (κ2) is 3.07. The van der Waals surface area contributed by atoms with Gasteiger partial charge in [0, 0.05) is 0 Å². The van der Waals surface area contributed by atoms with Gasteiger partial charge in [0.15, 0.2) is 0 Å². The lowest BCUT2D eigenvalue weighted by Crippen LogP contribution is -2.24. The quantitative estimate of drug-likeness (QED) is 0.625. The molecule has 3 atom stereocenters. The summed E-state index contributed by atoms with van der Waals surface area (Å²) in [6, 6.07) is 0. The SMILES string of the molecule is Cl.NC[C@H]1C[C@@H]2CC[C@H]1O2. The summed E-state index contributed by atoms with van der Waals surface area (Å²) in [6.07, 6.45) is 4.86. The minimum Gasteiger partial charge on any atom is -0.375 e. The lowest BCUT2D eigenvalue weighted by Gasteiger charge is -2.14. The van der Waals surface area contributed by atoms with Crippen molar-refractivity contribution < 1.29 is 4.74 Å². The Kier molecular flexibility index (Phi) is 2.55. The van der Waals surface area contributed by atoms with Gasteiger partial charge in [-0.25, -0.2) is 0 Å². The Hall–Kier alpha value is 0.210.